The summed E-state index contributed by atoms with van der Waals surface area (Å²) in [5.41, 5.74) is 0.478. The molecule has 4 saturated carbocycles. The van der Waals surface area contributed by atoms with Crippen molar-refractivity contribution in [3.8, 4) is 0 Å². The molecule has 0 aromatic carbocycles. The van der Waals surface area contributed by atoms with E-state index in [4.69, 9.17) is 23.7 Å². The second kappa shape index (κ2) is 6.65. The maximum Gasteiger partial charge on any atom is 0.174 e. The number of methoxy groups -OCH3 is 1. The van der Waals surface area contributed by atoms with Gasteiger partial charge in [-0.05, 0) is 62.2 Å². The van der Waals surface area contributed by atoms with E-state index in [9.17, 15) is 0 Å². The van der Waals surface area contributed by atoms with Gasteiger partial charge in [0.15, 0.2) is 11.6 Å². The van der Waals surface area contributed by atoms with Crippen molar-refractivity contribution in [3.63, 3.8) is 0 Å². The van der Waals surface area contributed by atoms with Crippen LogP contribution in [-0.2, 0) is 23.7 Å². The van der Waals surface area contributed by atoms with Crippen LogP contribution in [0.5, 0.6) is 0 Å². The monoisotopic (exact) mass is 406 g/mol. The Morgan fingerprint density at radius 1 is 0.793 bits per heavy atom. The van der Waals surface area contributed by atoms with Crippen LogP contribution in [-0.4, -0.2) is 51.7 Å². The van der Waals surface area contributed by atoms with E-state index in [1.807, 2.05) is 7.11 Å². The summed E-state index contributed by atoms with van der Waals surface area (Å²) < 4.78 is 30.9. The average molecular weight is 407 g/mol. The topological polar surface area (TPSA) is 46.2 Å². The summed E-state index contributed by atoms with van der Waals surface area (Å²) >= 11 is 0. The highest BCUT2D eigenvalue weighted by molar-refractivity contribution is 5.14. The zero-order valence-electron chi connectivity index (χ0n) is 18.3. The Labute approximate surface area is 175 Å². The molecule has 0 bridgehead atoms. The standard InChI is InChI=1S/C24H38O5/c1-21-7-5-20-18(19(21)6-8-24(21)28-13-14-29-24)4-3-17-15-23(26-11-12-27-23)10-9-22(17,20)16-25-2/h17-20H,3-16H2,1-2H3/t17-,18+,19+,20+,21+,22-/m1/s1. The Kier molecular flexibility index (Phi) is 4.47. The Hall–Kier alpha value is -0.200. The van der Waals surface area contributed by atoms with E-state index in [0.29, 0.717) is 11.3 Å². The summed E-state index contributed by atoms with van der Waals surface area (Å²) in [6.45, 7) is 6.45. The van der Waals surface area contributed by atoms with Crippen LogP contribution in [0, 0.1) is 34.5 Å². The van der Waals surface area contributed by atoms with Gasteiger partial charge in [-0.15, -0.1) is 0 Å². The SMILES string of the molecule is COC[C@]12CCC3(C[C@H]1CC[C@@H]1[C@@H]2CC[C@@]2(C)[C@H]1CCC21OCCO1)OCCO3. The fourth-order valence-electron chi connectivity index (χ4n) is 9.19. The van der Waals surface area contributed by atoms with E-state index in [-0.39, 0.29) is 17.0 Å². The number of hydrogen-bond donors (Lipinski definition) is 0. The molecule has 2 heterocycles. The van der Waals surface area contributed by atoms with Crippen molar-refractivity contribution in [1.29, 1.82) is 0 Å². The van der Waals surface area contributed by atoms with Crippen molar-refractivity contribution >= 4 is 0 Å². The molecule has 0 N–H and O–H groups in total. The van der Waals surface area contributed by atoms with Crippen LogP contribution in [0.3, 0.4) is 0 Å². The van der Waals surface area contributed by atoms with E-state index in [1.165, 1.54) is 38.5 Å². The predicted octanol–water partition coefficient (Wildman–Crippen LogP) is 4.14. The molecule has 2 spiro atoms. The molecule has 0 aromatic rings. The number of hydrogen-bond acceptors (Lipinski definition) is 5. The van der Waals surface area contributed by atoms with Crippen LogP contribution in [0.15, 0.2) is 0 Å². The molecule has 164 valence electrons. The van der Waals surface area contributed by atoms with Crippen LogP contribution in [0.1, 0.15) is 64.7 Å². The lowest BCUT2D eigenvalue weighted by Crippen LogP contribution is -2.60. The van der Waals surface area contributed by atoms with E-state index < -0.39 is 0 Å². The smallest absolute Gasteiger partial charge is 0.174 e. The number of rotatable bonds is 2. The Morgan fingerprint density at radius 3 is 2.28 bits per heavy atom. The third-order valence-electron chi connectivity index (χ3n) is 10.4. The summed E-state index contributed by atoms with van der Waals surface area (Å²) in [5, 5.41) is 0. The Bertz CT molecular complexity index is 639. The Morgan fingerprint density at radius 2 is 1.52 bits per heavy atom. The first-order chi connectivity index (χ1) is 14.1. The molecule has 6 aliphatic rings. The lowest BCUT2D eigenvalue weighted by atomic mass is 9.44. The lowest BCUT2D eigenvalue weighted by Gasteiger charge is -2.63. The number of ether oxygens (including phenoxy) is 5. The first-order valence-corrected chi connectivity index (χ1v) is 12.1. The average Bonchev–Trinajstić information content (AvgIpc) is 3.44. The first-order valence-electron chi connectivity index (χ1n) is 12.1. The molecule has 5 heteroatoms. The number of fused-ring (bicyclic) bond motifs is 6. The summed E-state index contributed by atoms with van der Waals surface area (Å²) in [6.07, 6.45) is 10.8. The van der Waals surface area contributed by atoms with Gasteiger partial charge in [-0.3, -0.25) is 0 Å². The third kappa shape index (κ3) is 2.51. The van der Waals surface area contributed by atoms with Gasteiger partial charge in [-0.2, -0.15) is 0 Å². The molecule has 0 amide bonds. The summed E-state index contributed by atoms with van der Waals surface area (Å²) in [7, 11) is 1.90. The van der Waals surface area contributed by atoms with Gasteiger partial charge in [-0.1, -0.05) is 6.92 Å². The summed E-state index contributed by atoms with van der Waals surface area (Å²) in [6, 6.07) is 0. The molecular formula is C24H38O5. The van der Waals surface area contributed by atoms with Crippen molar-refractivity contribution in [1.82, 2.24) is 0 Å². The normalized spacial score (nSPS) is 49.9. The predicted molar refractivity (Wildman–Crippen MR) is 107 cm³/mol. The molecule has 2 aliphatic heterocycles. The zero-order chi connectivity index (χ0) is 19.7. The molecule has 6 rings (SSSR count). The first kappa shape index (κ1) is 19.5. The fraction of sp³-hybridized carbons (Fsp3) is 1.00. The molecule has 29 heavy (non-hydrogen) atoms. The van der Waals surface area contributed by atoms with Gasteiger partial charge in [-0.25, -0.2) is 0 Å². The third-order valence-corrected chi connectivity index (χ3v) is 10.4. The summed E-state index contributed by atoms with van der Waals surface area (Å²) in [4.78, 5) is 0. The van der Waals surface area contributed by atoms with Crippen LogP contribution >= 0.6 is 0 Å². The van der Waals surface area contributed by atoms with Gasteiger partial charge in [0.2, 0.25) is 0 Å². The Balaban J connectivity index is 1.31. The summed E-state index contributed by atoms with van der Waals surface area (Å²) in [5.74, 6) is 2.34. The molecule has 0 unspecified atom stereocenters. The second-order valence-electron chi connectivity index (χ2n) is 11.1. The van der Waals surface area contributed by atoms with Crippen molar-refractivity contribution in [2.75, 3.05) is 40.1 Å². The van der Waals surface area contributed by atoms with Crippen LogP contribution < -0.4 is 0 Å². The van der Waals surface area contributed by atoms with E-state index in [2.05, 4.69) is 6.92 Å². The van der Waals surface area contributed by atoms with Crippen molar-refractivity contribution in [3.05, 3.63) is 0 Å². The molecule has 2 saturated heterocycles. The second-order valence-corrected chi connectivity index (χ2v) is 11.1. The fourth-order valence-corrected chi connectivity index (χ4v) is 9.19. The minimum absolute atomic E-state index is 0.180. The highest BCUT2D eigenvalue weighted by Gasteiger charge is 2.68. The van der Waals surface area contributed by atoms with Gasteiger partial charge >= 0.3 is 0 Å². The molecule has 0 aromatic heterocycles. The van der Waals surface area contributed by atoms with Crippen LogP contribution in [0.4, 0.5) is 0 Å². The minimum Gasteiger partial charge on any atom is -0.384 e. The van der Waals surface area contributed by atoms with Gasteiger partial charge in [0.1, 0.15) is 0 Å². The van der Waals surface area contributed by atoms with Crippen LogP contribution in [0.2, 0.25) is 0 Å². The molecule has 6 atom stereocenters. The van der Waals surface area contributed by atoms with Gasteiger partial charge in [0, 0.05) is 37.2 Å². The molecule has 6 fully saturated rings. The minimum atomic E-state index is -0.296. The maximum absolute atomic E-state index is 6.32. The lowest BCUT2D eigenvalue weighted by molar-refractivity contribution is -0.264. The largest absolute Gasteiger partial charge is 0.384 e. The molecular weight excluding hydrogens is 368 g/mol. The maximum atomic E-state index is 6.32. The van der Waals surface area contributed by atoms with Crippen LogP contribution in [0.25, 0.3) is 0 Å². The zero-order valence-corrected chi connectivity index (χ0v) is 18.3. The van der Waals surface area contributed by atoms with E-state index >= 15 is 0 Å². The van der Waals surface area contributed by atoms with Gasteiger partial charge in [0.05, 0.1) is 33.0 Å². The van der Waals surface area contributed by atoms with Gasteiger partial charge in [0.25, 0.3) is 0 Å². The van der Waals surface area contributed by atoms with Crippen molar-refractivity contribution < 1.29 is 23.7 Å². The van der Waals surface area contributed by atoms with E-state index in [0.717, 1.165) is 70.1 Å². The molecule has 5 nitrogen and oxygen atoms in total. The quantitative estimate of drug-likeness (QED) is 0.690. The molecule has 4 aliphatic carbocycles. The van der Waals surface area contributed by atoms with Gasteiger partial charge < -0.3 is 23.7 Å². The van der Waals surface area contributed by atoms with E-state index in [1.54, 1.807) is 0 Å². The highest BCUT2D eigenvalue weighted by atomic mass is 16.7. The van der Waals surface area contributed by atoms with Crippen molar-refractivity contribution in [2.24, 2.45) is 34.5 Å². The van der Waals surface area contributed by atoms with Crippen molar-refractivity contribution in [2.45, 2.75) is 76.3 Å². The highest BCUT2D eigenvalue weighted by Crippen LogP contribution is 2.70. The molecule has 0 radical (unpaired) electrons.